The fraction of sp³-hybridized carbons (Fsp3) is 0. The third-order valence-electron chi connectivity index (χ3n) is 3.50. The molecule has 0 atom stereocenters. The molecule has 0 fully saturated rings. The van der Waals surface area contributed by atoms with Crippen molar-refractivity contribution in [2.24, 2.45) is 5.73 Å². The molecule has 3 rings (SSSR count). The number of aromatic carboxylic acids is 1. The van der Waals surface area contributed by atoms with Crippen molar-refractivity contribution in [2.75, 3.05) is 0 Å². The molecule has 3 aromatic rings. The number of amides is 1. The maximum Gasteiger partial charge on any atom is 0.336 e. The van der Waals surface area contributed by atoms with Crippen molar-refractivity contribution >= 4 is 17.7 Å². The SMILES string of the molecule is NC(=O)c1ccccc1.O=C(O)c1ccccc1C(=O)c1ccccc1. The van der Waals surface area contributed by atoms with Crippen LogP contribution in [0.4, 0.5) is 0 Å². The third-order valence-corrected chi connectivity index (χ3v) is 3.50. The van der Waals surface area contributed by atoms with Crippen molar-refractivity contribution in [3.63, 3.8) is 0 Å². The van der Waals surface area contributed by atoms with Gasteiger partial charge in [-0.3, -0.25) is 9.59 Å². The monoisotopic (exact) mass is 347 g/mol. The van der Waals surface area contributed by atoms with Gasteiger partial charge in [-0.1, -0.05) is 66.7 Å². The number of carboxylic acid groups (broad SMARTS) is 1. The molecule has 0 saturated heterocycles. The van der Waals surface area contributed by atoms with Crippen LogP contribution in [0, 0.1) is 0 Å². The van der Waals surface area contributed by atoms with Gasteiger partial charge in [0.2, 0.25) is 5.91 Å². The molecule has 0 heterocycles. The Morgan fingerprint density at radius 3 is 1.46 bits per heavy atom. The molecular formula is C21H17NO4. The smallest absolute Gasteiger partial charge is 0.336 e. The summed E-state index contributed by atoms with van der Waals surface area (Å²) in [5.74, 6) is -1.75. The van der Waals surface area contributed by atoms with Crippen molar-refractivity contribution in [2.45, 2.75) is 0 Å². The zero-order valence-electron chi connectivity index (χ0n) is 13.8. The maximum atomic E-state index is 12.1. The highest BCUT2D eigenvalue weighted by Gasteiger charge is 2.16. The standard InChI is InChI=1S/C14H10O3.C7H7NO/c15-13(10-6-2-1-3-7-10)11-8-4-5-9-12(11)14(16)17;8-7(9)6-4-2-1-3-5-6/h1-9H,(H,16,17);1-5H,(H2,8,9). The van der Waals surface area contributed by atoms with E-state index in [1.807, 2.05) is 6.07 Å². The summed E-state index contributed by atoms with van der Waals surface area (Å²) in [6, 6.07) is 23.6. The molecule has 0 bridgehead atoms. The predicted octanol–water partition coefficient (Wildman–Crippen LogP) is 3.40. The third kappa shape index (κ3) is 4.88. The van der Waals surface area contributed by atoms with E-state index < -0.39 is 5.97 Å². The number of carbonyl (C=O) groups excluding carboxylic acids is 2. The van der Waals surface area contributed by atoms with Gasteiger partial charge in [0.1, 0.15) is 0 Å². The highest BCUT2D eigenvalue weighted by atomic mass is 16.4. The Bertz CT molecular complexity index is 906. The van der Waals surface area contributed by atoms with E-state index in [-0.39, 0.29) is 22.8 Å². The number of carbonyl (C=O) groups is 3. The quantitative estimate of drug-likeness (QED) is 0.707. The van der Waals surface area contributed by atoms with Crippen molar-refractivity contribution in [1.29, 1.82) is 0 Å². The van der Waals surface area contributed by atoms with E-state index >= 15 is 0 Å². The lowest BCUT2D eigenvalue weighted by Crippen LogP contribution is -2.09. The number of ketones is 1. The Morgan fingerprint density at radius 1 is 0.615 bits per heavy atom. The van der Waals surface area contributed by atoms with Gasteiger partial charge >= 0.3 is 5.97 Å². The molecule has 26 heavy (non-hydrogen) atoms. The lowest BCUT2D eigenvalue weighted by molar-refractivity contribution is 0.0692. The van der Waals surface area contributed by atoms with Crippen LogP contribution in [0.3, 0.4) is 0 Å². The van der Waals surface area contributed by atoms with E-state index in [2.05, 4.69) is 0 Å². The van der Waals surface area contributed by atoms with Crippen LogP contribution in [0.1, 0.15) is 36.6 Å². The largest absolute Gasteiger partial charge is 0.478 e. The minimum atomic E-state index is -1.09. The number of carboxylic acids is 1. The summed E-state index contributed by atoms with van der Waals surface area (Å²) in [6.45, 7) is 0. The van der Waals surface area contributed by atoms with Gasteiger partial charge in [-0.05, 0) is 18.2 Å². The number of hydrogen-bond acceptors (Lipinski definition) is 3. The van der Waals surface area contributed by atoms with Crippen LogP contribution in [0.5, 0.6) is 0 Å². The van der Waals surface area contributed by atoms with Gasteiger partial charge in [0.25, 0.3) is 0 Å². The lowest BCUT2D eigenvalue weighted by Gasteiger charge is -2.04. The van der Waals surface area contributed by atoms with Gasteiger partial charge < -0.3 is 10.8 Å². The minimum Gasteiger partial charge on any atom is -0.478 e. The molecule has 0 aliphatic carbocycles. The van der Waals surface area contributed by atoms with Crippen LogP contribution < -0.4 is 5.73 Å². The fourth-order valence-electron chi connectivity index (χ4n) is 2.22. The number of rotatable bonds is 4. The first-order chi connectivity index (χ1) is 12.5. The molecule has 0 radical (unpaired) electrons. The van der Waals surface area contributed by atoms with Crippen molar-refractivity contribution in [3.8, 4) is 0 Å². The summed E-state index contributed by atoms with van der Waals surface area (Å²) in [5, 5.41) is 9.01. The van der Waals surface area contributed by atoms with E-state index in [0.717, 1.165) is 0 Å². The first-order valence-corrected chi connectivity index (χ1v) is 7.77. The molecule has 5 heteroatoms. The van der Waals surface area contributed by atoms with Gasteiger partial charge in [0, 0.05) is 16.7 Å². The van der Waals surface area contributed by atoms with Crippen molar-refractivity contribution in [3.05, 3.63) is 107 Å². The molecule has 0 unspecified atom stereocenters. The van der Waals surface area contributed by atoms with Crippen LogP contribution in [-0.4, -0.2) is 22.8 Å². The minimum absolute atomic E-state index is 0.0290. The van der Waals surface area contributed by atoms with Crippen LogP contribution in [0.25, 0.3) is 0 Å². The summed E-state index contributed by atoms with van der Waals surface area (Å²) in [5.41, 5.74) is 6.26. The van der Waals surface area contributed by atoms with Crippen LogP contribution in [0.15, 0.2) is 84.9 Å². The second kappa shape index (κ2) is 8.94. The van der Waals surface area contributed by atoms with E-state index in [0.29, 0.717) is 11.1 Å². The molecular weight excluding hydrogens is 330 g/mol. The average Bonchev–Trinajstić information content (AvgIpc) is 2.69. The van der Waals surface area contributed by atoms with E-state index in [1.165, 1.54) is 12.1 Å². The first kappa shape index (κ1) is 18.6. The summed E-state index contributed by atoms with van der Waals surface area (Å²) in [4.78, 5) is 33.5. The summed E-state index contributed by atoms with van der Waals surface area (Å²) in [6.07, 6.45) is 0. The molecule has 0 aliphatic heterocycles. The molecule has 5 nitrogen and oxygen atoms in total. The van der Waals surface area contributed by atoms with Crippen LogP contribution in [0.2, 0.25) is 0 Å². The van der Waals surface area contributed by atoms with Crippen LogP contribution >= 0.6 is 0 Å². The van der Waals surface area contributed by atoms with Crippen molar-refractivity contribution in [1.82, 2.24) is 0 Å². The van der Waals surface area contributed by atoms with Crippen LogP contribution in [-0.2, 0) is 0 Å². The molecule has 3 N–H and O–H groups in total. The highest BCUT2D eigenvalue weighted by molar-refractivity contribution is 6.14. The summed E-state index contributed by atoms with van der Waals surface area (Å²) >= 11 is 0. The molecule has 1 amide bonds. The predicted molar refractivity (Wildman–Crippen MR) is 98.2 cm³/mol. The van der Waals surface area contributed by atoms with Gasteiger partial charge in [-0.2, -0.15) is 0 Å². The van der Waals surface area contributed by atoms with E-state index in [4.69, 9.17) is 10.8 Å². The average molecular weight is 347 g/mol. The Hall–Kier alpha value is -3.73. The fourth-order valence-corrected chi connectivity index (χ4v) is 2.22. The van der Waals surface area contributed by atoms with Crippen molar-refractivity contribution < 1.29 is 19.5 Å². The topological polar surface area (TPSA) is 97.5 Å². The normalized spacial score (nSPS) is 9.54. The molecule has 0 spiro atoms. The highest BCUT2D eigenvalue weighted by Crippen LogP contribution is 2.14. The van der Waals surface area contributed by atoms with Gasteiger partial charge in [0.05, 0.1) is 5.56 Å². The second-order valence-corrected chi connectivity index (χ2v) is 5.28. The maximum absolute atomic E-state index is 12.1. The zero-order valence-corrected chi connectivity index (χ0v) is 13.8. The molecule has 0 saturated carbocycles. The first-order valence-electron chi connectivity index (χ1n) is 7.77. The Morgan fingerprint density at radius 2 is 1.04 bits per heavy atom. The Kier molecular flexibility index (Phi) is 6.40. The second-order valence-electron chi connectivity index (χ2n) is 5.28. The number of nitrogens with two attached hydrogens (primary N) is 1. The molecule has 0 aromatic heterocycles. The number of benzene rings is 3. The number of hydrogen-bond donors (Lipinski definition) is 2. The molecule has 0 aliphatic rings. The van der Waals surface area contributed by atoms with Gasteiger partial charge in [-0.25, -0.2) is 4.79 Å². The molecule has 130 valence electrons. The number of primary amides is 1. The summed E-state index contributed by atoms with van der Waals surface area (Å²) < 4.78 is 0. The van der Waals surface area contributed by atoms with E-state index in [1.54, 1.807) is 66.7 Å². The summed E-state index contributed by atoms with van der Waals surface area (Å²) in [7, 11) is 0. The zero-order chi connectivity index (χ0) is 18.9. The van der Waals surface area contributed by atoms with E-state index in [9.17, 15) is 14.4 Å². The van der Waals surface area contributed by atoms with Gasteiger partial charge in [0.15, 0.2) is 5.78 Å². The Balaban J connectivity index is 0.000000228. The van der Waals surface area contributed by atoms with Gasteiger partial charge in [-0.15, -0.1) is 0 Å². The lowest BCUT2D eigenvalue weighted by atomic mass is 9.98. The Labute approximate surface area is 150 Å². The molecule has 3 aromatic carbocycles.